The molecule has 0 atom stereocenters. The van der Waals surface area contributed by atoms with Gasteiger partial charge in [-0.15, -0.1) is 0 Å². The highest BCUT2D eigenvalue weighted by Gasteiger charge is 2.22. The van der Waals surface area contributed by atoms with E-state index in [1.807, 2.05) is 0 Å². The Balaban J connectivity index is 1.92. The molecule has 0 spiro atoms. The molecule has 1 aliphatic carbocycles. The van der Waals surface area contributed by atoms with Crippen molar-refractivity contribution >= 4 is 11.6 Å². The van der Waals surface area contributed by atoms with Crippen LogP contribution in [0.25, 0.3) is 11.6 Å². The molecule has 2 aromatic rings. The van der Waals surface area contributed by atoms with Gasteiger partial charge in [0.05, 0.1) is 0 Å². The molecule has 0 saturated heterocycles. The first-order valence-corrected chi connectivity index (χ1v) is 6.73. The van der Waals surface area contributed by atoms with Gasteiger partial charge in [0.15, 0.2) is 0 Å². The topological polar surface area (TPSA) is 0 Å². The molecule has 90 valence electrons. The molecule has 0 unspecified atom stereocenters. The van der Waals surface area contributed by atoms with E-state index in [0.29, 0.717) is 0 Å². The highest BCUT2D eigenvalue weighted by atomic mass is 14.3. The maximum absolute atomic E-state index is 2.34. The lowest BCUT2D eigenvalue weighted by molar-refractivity contribution is 0.879. The summed E-state index contributed by atoms with van der Waals surface area (Å²) in [7, 11) is 0. The minimum atomic E-state index is 0.917. The Kier molecular flexibility index (Phi) is 3.27. The van der Waals surface area contributed by atoms with Crippen LogP contribution >= 0.6 is 0 Å². The van der Waals surface area contributed by atoms with Crippen molar-refractivity contribution in [1.29, 1.82) is 0 Å². The van der Waals surface area contributed by atoms with E-state index in [9.17, 15) is 0 Å². The average molecular weight is 234 g/mol. The smallest absolute Gasteiger partial charge is 0.0224 e. The van der Waals surface area contributed by atoms with Gasteiger partial charge in [-0.3, -0.25) is 0 Å². The largest absolute Gasteiger partial charge is 0.0622 e. The molecule has 18 heavy (non-hydrogen) atoms. The second-order valence-electron chi connectivity index (χ2n) is 5.09. The van der Waals surface area contributed by atoms with Crippen molar-refractivity contribution in [3.63, 3.8) is 0 Å². The number of hydrogen-bond acceptors (Lipinski definition) is 0. The van der Waals surface area contributed by atoms with Gasteiger partial charge in [-0.2, -0.15) is 0 Å². The summed E-state index contributed by atoms with van der Waals surface area (Å²) < 4.78 is 0. The fraction of sp³-hybridized carbons (Fsp3) is 0.222. The number of rotatable bonds is 4. The summed E-state index contributed by atoms with van der Waals surface area (Å²) in [5.41, 5.74) is 4.15. The Morgan fingerprint density at radius 1 is 0.889 bits per heavy atom. The van der Waals surface area contributed by atoms with E-state index in [2.05, 4.69) is 66.7 Å². The van der Waals surface area contributed by atoms with Crippen LogP contribution in [-0.2, 0) is 0 Å². The quantitative estimate of drug-likeness (QED) is 0.651. The molecule has 0 heterocycles. The molecule has 1 aliphatic rings. The fourth-order valence-corrected chi connectivity index (χ4v) is 2.30. The van der Waals surface area contributed by atoms with Crippen LogP contribution in [0.4, 0.5) is 0 Å². The van der Waals surface area contributed by atoms with Gasteiger partial charge in [0.2, 0.25) is 0 Å². The molecule has 2 aromatic carbocycles. The van der Waals surface area contributed by atoms with Crippen LogP contribution in [0.5, 0.6) is 0 Å². The average Bonchev–Trinajstić information content (AvgIpc) is 3.24. The summed E-state index contributed by atoms with van der Waals surface area (Å²) in [6.07, 6.45) is 6.37. The Morgan fingerprint density at radius 3 is 2.11 bits per heavy atom. The van der Waals surface area contributed by atoms with Crippen LogP contribution in [0.2, 0.25) is 0 Å². The molecule has 0 heteroatoms. The molecule has 0 aliphatic heterocycles. The van der Waals surface area contributed by atoms with Gasteiger partial charge in [0, 0.05) is 0 Å². The molecule has 1 fully saturated rings. The molecule has 0 nitrogen and oxygen atoms in total. The zero-order valence-corrected chi connectivity index (χ0v) is 10.5. The summed E-state index contributed by atoms with van der Waals surface area (Å²) in [6, 6.07) is 21.4. The first-order valence-electron chi connectivity index (χ1n) is 6.73. The molecule has 0 bridgehead atoms. The number of allylic oxidation sites excluding steroid dienone is 1. The minimum absolute atomic E-state index is 0.917. The number of hydrogen-bond donors (Lipinski definition) is 0. The molecule has 0 N–H and O–H groups in total. The molecule has 0 radical (unpaired) electrons. The SMILES string of the molecule is C(=C(\CC1CC1)c1ccccc1)/c1ccccc1. The molecule has 0 aromatic heterocycles. The first kappa shape index (κ1) is 11.3. The van der Waals surface area contributed by atoms with Gasteiger partial charge in [0.1, 0.15) is 0 Å². The molecule has 0 amide bonds. The van der Waals surface area contributed by atoms with Crippen molar-refractivity contribution < 1.29 is 0 Å². The van der Waals surface area contributed by atoms with Crippen LogP contribution in [0.15, 0.2) is 60.7 Å². The Morgan fingerprint density at radius 2 is 1.50 bits per heavy atom. The Labute approximate surface area is 109 Å². The van der Waals surface area contributed by atoms with E-state index in [1.54, 1.807) is 0 Å². The predicted molar refractivity (Wildman–Crippen MR) is 78.1 cm³/mol. The predicted octanol–water partition coefficient (Wildman–Crippen LogP) is 5.03. The van der Waals surface area contributed by atoms with Crippen LogP contribution in [-0.4, -0.2) is 0 Å². The molecular formula is C18H18. The van der Waals surface area contributed by atoms with Crippen LogP contribution < -0.4 is 0 Å². The highest BCUT2D eigenvalue weighted by molar-refractivity contribution is 5.81. The maximum atomic E-state index is 2.34. The van der Waals surface area contributed by atoms with E-state index in [1.165, 1.54) is 36.0 Å². The van der Waals surface area contributed by atoms with Gasteiger partial charge >= 0.3 is 0 Å². The second-order valence-corrected chi connectivity index (χ2v) is 5.09. The summed E-state index contributed by atoms with van der Waals surface area (Å²) in [5, 5.41) is 0. The molecule has 3 rings (SSSR count). The van der Waals surface area contributed by atoms with Crippen LogP contribution in [0.1, 0.15) is 30.4 Å². The van der Waals surface area contributed by atoms with E-state index in [0.717, 1.165) is 5.92 Å². The van der Waals surface area contributed by atoms with E-state index in [4.69, 9.17) is 0 Å². The summed E-state index contributed by atoms with van der Waals surface area (Å²) in [5.74, 6) is 0.917. The van der Waals surface area contributed by atoms with E-state index >= 15 is 0 Å². The third-order valence-electron chi connectivity index (χ3n) is 3.49. The monoisotopic (exact) mass is 234 g/mol. The zero-order chi connectivity index (χ0) is 12.2. The van der Waals surface area contributed by atoms with Gasteiger partial charge in [0.25, 0.3) is 0 Å². The third-order valence-corrected chi connectivity index (χ3v) is 3.49. The lowest BCUT2D eigenvalue weighted by atomic mass is 9.98. The van der Waals surface area contributed by atoms with Gasteiger partial charge in [-0.1, -0.05) is 66.7 Å². The third kappa shape index (κ3) is 2.89. The maximum Gasteiger partial charge on any atom is -0.0224 e. The lowest BCUT2D eigenvalue weighted by Gasteiger charge is -2.07. The standard InChI is InChI=1S/C18H18/c1-3-7-15(8-4-1)13-18(14-16-11-12-16)17-9-5-2-6-10-17/h1-10,13,16H,11-12,14H2/b18-13-. The second kappa shape index (κ2) is 5.22. The van der Waals surface area contributed by atoms with E-state index in [-0.39, 0.29) is 0 Å². The Bertz CT molecular complexity index is 518. The highest BCUT2D eigenvalue weighted by Crippen LogP contribution is 2.38. The Hall–Kier alpha value is -1.82. The van der Waals surface area contributed by atoms with Crippen molar-refractivity contribution in [3.8, 4) is 0 Å². The van der Waals surface area contributed by atoms with Gasteiger partial charge < -0.3 is 0 Å². The minimum Gasteiger partial charge on any atom is -0.0622 e. The first-order chi connectivity index (χ1) is 8.92. The molecular weight excluding hydrogens is 216 g/mol. The van der Waals surface area contributed by atoms with Crippen molar-refractivity contribution in [2.24, 2.45) is 5.92 Å². The molecule has 1 saturated carbocycles. The van der Waals surface area contributed by atoms with Crippen molar-refractivity contribution in [2.45, 2.75) is 19.3 Å². The summed E-state index contributed by atoms with van der Waals surface area (Å²) in [6.45, 7) is 0. The summed E-state index contributed by atoms with van der Waals surface area (Å²) >= 11 is 0. The van der Waals surface area contributed by atoms with Crippen molar-refractivity contribution in [1.82, 2.24) is 0 Å². The lowest BCUT2D eigenvalue weighted by Crippen LogP contribution is -1.87. The van der Waals surface area contributed by atoms with Crippen LogP contribution in [0.3, 0.4) is 0 Å². The van der Waals surface area contributed by atoms with E-state index < -0.39 is 0 Å². The zero-order valence-electron chi connectivity index (χ0n) is 10.5. The summed E-state index contributed by atoms with van der Waals surface area (Å²) in [4.78, 5) is 0. The van der Waals surface area contributed by atoms with Gasteiger partial charge in [-0.25, -0.2) is 0 Å². The van der Waals surface area contributed by atoms with Gasteiger partial charge in [-0.05, 0) is 41.9 Å². The normalized spacial score (nSPS) is 15.7. The van der Waals surface area contributed by atoms with Crippen molar-refractivity contribution in [2.75, 3.05) is 0 Å². The number of benzene rings is 2. The van der Waals surface area contributed by atoms with Crippen molar-refractivity contribution in [3.05, 3.63) is 71.8 Å². The fourth-order valence-electron chi connectivity index (χ4n) is 2.30. The van der Waals surface area contributed by atoms with Crippen LogP contribution in [0, 0.1) is 5.92 Å².